The van der Waals surface area contributed by atoms with E-state index >= 15 is 0 Å². The number of carbonyl (C=O) groups is 1. The second-order valence-corrected chi connectivity index (χ2v) is 7.35. The van der Waals surface area contributed by atoms with E-state index in [1.807, 2.05) is 30.3 Å². The van der Waals surface area contributed by atoms with Crippen molar-refractivity contribution in [1.82, 2.24) is 15.3 Å². The molecule has 7 nitrogen and oxygen atoms in total. The van der Waals surface area contributed by atoms with Crippen LogP contribution in [0.15, 0.2) is 60.9 Å². The fourth-order valence-corrected chi connectivity index (χ4v) is 3.35. The maximum atomic E-state index is 12.6. The average Bonchev–Trinajstić information content (AvgIpc) is 2.79. The summed E-state index contributed by atoms with van der Waals surface area (Å²) in [4.78, 5) is 23.5. The highest BCUT2D eigenvalue weighted by Gasteiger charge is 2.13. The van der Waals surface area contributed by atoms with E-state index < -0.39 is 0 Å². The van der Waals surface area contributed by atoms with Crippen LogP contribution < -0.4 is 20.3 Å². The zero-order chi connectivity index (χ0) is 20.8. The monoisotopic (exact) mass is 423 g/mol. The van der Waals surface area contributed by atoms with Crippen molar-refractivity contribution in [1.29, 1.82) is 0 Å². The molecule has 8 heteroatoms. The lowest BCUT2D eigenvalue weighted by Crippen LogP contribution is -2.44. The molecule has 0 spiro atoms. The van der Waals surface area contributed by atoms with Gasteiger partial charge in [0, 0.05) is 36.8 Å². The van der Waals surface area contributed by atoms with E-state index in [2.05, 4.69) is 25.5 Å². The lowest BCUT2D eigenvalue weighted by molar-refractivity contribution is 0.102. The van der Waals surface area contributed by atoms with Gasteiger partial charge in [0.25, 0.3) is 5.91 Å². The summed E-state index contributed by atoms with van der Waals surface area (Å²) in [5.74, 6) is 1.03. The van der Waals surface area contributed by atoms with Gasteiger partial charge in [-0.25, -0.2) is 9.97 Å². The van der Waals surface area contributed by atoms with Crippen molar-refractivity contribution in [3.63, 3.8) is 0 Å². The number of hydrogen-bond donors (Lipinski definition) is 2. The molecule has 1 aromatic heterocycles. The molecule has 1 saturated heterocycles. The zero-order valence-electron chi connectivity index (χ0n) is 16.3. The molecule has 4 rings (SSSR count). The lowest BCUT2D eigenvalue weighted by Gasteiger charge is -2.27. The number of nitrogens with zero attached hydrogens (tertiary/aromatic N) is 3. The van der Waals surface area contributed by atoms with E-state index in [-0.39, 0.29) is 5.91 Å². The predicted molar refractivity (Wildman–Crippen MR) is 117 cm³/mol. The van der Waals surface area contributed by atoms with Gasteiger partial charge in [0.2, 0.25) is 5.95 Å². The first-order valence-corrected chi connectivity index (χ1v) is 10.1. The minimum Gasteiger partial charge on any atom is -0.489 e. The topological polar surface area (TPSA) is 79.4 Å². The Kier molecular flexibility index (Phi) is 6.41. The van der Waals surface area contributed by atoms with Crippen LogP contribution in [-0.2, 0) is 6.61 Å². The number of ether oxygens (including phenoxy) is 1. The summed E-state index contributed by atoms with van der Waals surface area (Å²) >= 11 is 6.00. The molecule has 1 amide bonds. The van der Waals surface area contributed by atoms with Crippen molar-refractivity contribution in [2.45, 2.75) is 6.61 Å². The van der Waals surface area contributed by atoms with Crippen LogP contribution in [0, 0.1) is 0 Å². The van der Waals surface area contributed by atoms with E-state index in [4.69, 9.17) is 16.3 Å². The van der Waals surface area contributed by atoms with Crippen LogP contribution in [0.2, 0.25) is 5.02 Å². The first kappa shape index (κ1) is 20.1. The summed E-state index contributed by atoms with van der Waals surface area (Å²) < 4.78 is 5.80. The number of piperazine rings is 1. The third-order valence-electron chi connectivity index (χ3n) is 4.69. The van der Waals surface area contributed by atoms with E-state index in [1.165, 1.54) is 0 Å². The van der Waals surface area contributed by atoms with E-state index in [0.717, 1.165) is 31.7 Å². The molecule has 1 fully saturated rings. The van der Waals surface area contributed by atoms with Crippen molar-refractivity contribution in [3.05, 3.63) is 77.1 Å². The predicted octanol–water partition coefficient (Wildman–Crippen LogP) is 3.37. The van der Waals surface area contributed by atoms with E-state index in [1.54, 1.807) is 30.6 Å². The number of benzene rings is 2. The normalized spacial score (nSPS) is 13.7. The molecule has 154 valence electrons. The number of nitrogens with one attached hydrogen (secondary N) is 2. The van der Waals surface area contributed by atoms with Gasteiger partial charge in [-0.2, -0.15) is 0 Å². The first-order chi connectivity index (χ1) is 14.7. The molecule has 2 aromatic carbocycles. The Hall–Kier alpha value is -3.16. The van der Waals surface area contributed by atoms with Crippen molar-refractivity contribution >= 4 is 29.1 Å². The van der Waals surface area contributed by atoms with Gasteiger partial charge in [-0.3, -0.25) is 4.79 Å². The van der Waals surface area contributed by atoms with Gasteiger partial charge < -0.3 is 20.3 Å². The number of anilines is 2. The Morgan fingerprint density at radius 3 is 2.63 bits per heavy atom. The SMILES string of the molecule is O=C(Nc1cnc(N2CCNCC2)nc1)c1cccc(OCc2cccc(Cl)c2)c1. The number of halogens is 1. The number of carbonyl (C=O) groups excluding carboxylic acids is 1. The van der Waals surface area contributed by atoms with Gasteiger partial charge >= 0.3 is 0 Å². The molecule has 1 aliphatic heterocycles. The zero-order valence-corrected chi connectivity index (χ0v) is 17.1. The smallest absolute Gasteiger partial charge is 0.255 e. The molecular formula is C22H22ClN5O2. The Bertz CT molecular complexity index is 1010. The summed E-state index contributed by atoms with van der Waals surface area (Å²) in [5.41, 5.74) is 1.99. The molecule has 3 aromatic rings. The van der Waals surface area contributed by atoms with Gasteiger partial charge in [0.15, 0.2) is 0 Å². The van der Waals surface area contributed by atoms with Crippen LogP contribution in [0.25, 0.3) is 0 Å². The summed E-state index contributed by atoms with van der Waals surface area (Å²) in [6.45, 7) is 3.93. The molecule has 0 bridgehead atoms. The van der Waals surface area contributed by atoms with Crippen LogP contribution in [-0.4, -0.2) is 42.1 Å². The largest absolute Gasteiger partial charge is 0.489 e. The van der Waals surface area contributed by atoms with Crippen LogP contribution in [0.5, 0.6) is 5.75 Å². The minimum atomic E-state index is -0.248. The molecule has 2 N–H and O–H groups in total. The van der Waals surface area contributed by atoms with E-state index in [0.29, 0.717) is 34.6 Å². The fraction of sp³-hybridized carbons (Fsp3) is 0.227. The number of hydrogen-bond acceptors (Lipinski definition) is 6. The highest BCUT2D eigenvalue weighted by Crippen LogP contribution is 2.18. The quantitative estimate of drug-likeness (QED) is 0.632. The van der Waals surface area contributed by atoms with Crippen LogP contribution in [0.4, 0.5) is 11.6 Å². The maximum absolute atomic E-state index is 12.6. The molecule has 30 heavy (non-hydrogen) atoms. The van der Waals surface area contributed by atoms with Crippen LogP contribution >= 0.6 is 11.6 Å². The van der Waals surface area contributed by atoms with Gasteiger partial charge in [-0.15, -0.1) is 0 Å². The standard InChI is InChI=1S/C22H22ClN5O2/c23-18-5-1-3-16(11-18)15-30-20-6-2-4-17(12-20)21(29)27-19-13-25-22(26-14-19)28-9-7-24-8-10-28/h1-6,11-14,24H,7-10,15H2,(H,27,29). The average molecular weight is 424 g/mol. The molecule has 2 heterocycles. The van der Waals surface area contributed by atoms with Crippen LogP contribution in [0.3, 0.4) is 0 Å². The molecule has 0 radical (unpaired) electrons. The lowest BCUT2D eigenvalue weighted by atomic mass is 10.2. The second kappa shape index (κ2) is 9.56. The van der Waals surface area contributed by atoms with Gasteiger partial charge in [-0.1, -0.05) is 29.8 Å². The van der Waals surface area contributed by atoms with Crippen molar-refractivity contribution in [2.75, 3.05) is 36.4 Å². The number of rotatable bonds is 6. The molecule has 0 atom stereocenters. The van der Waals surface area contributed by atoms with Gasteiger partial charge in [0.1, 0.15) is 12.4 Å². The van der Waals surface area contributed by atoms with E-state index in [9.17, 15) is 4.79 Å². The molecule has 1 aliphatic rings. The maximum Gasteiger partial charge on any atom is 0.255 e. The van der Waals surface area contributed by atoms with Gasteiger partial charge in [-0.05, 0) is 35.9 Å². The summed E-state index contributed by atoms with van der Waals surface area (Å²) in [7, 11) is 0. The first-order valence-electron chi connectivity index (χ1n) is 9.74. The number of amides is 1. The molecule has 0 saturated carbocycles. The fourth-order valence-electron chi connectivity index (χ4n) is 3.14. The summed E-state index contributed by atoms with van der Waals surface area (Å²) in [6, 6.07) is 14.5. The van der Waals surface area contributed by atoms with Crippen molar-refractivity contribution in [3.8, 4) is 5.75 Å². The summed E-state index contributed by atoms with van der Waals surface area (Å²) in [5, 5.41) is 6.79. The second-order valence-electron chi connectivity index (χ2n) is 6.91. The molecule has 0 aliphatic carbocycles. The third kappa shape index (κ3) is 5.25. The minimum absolute atomic E-state index is 0.248. The van der Waals surface area contributed by atoms with Gasteiger partial charge in [0.05, 0.1) is 18.1 Å². The third-order valence-corrected chi connectivity index (χ3v) is 4.92. The van der Waals surface area contributed by atoms with Crippen molar-refractivity contribution in [2.24, 2.45) is 0 Å². The van der Waals surface area contributed by atoms with Crippen molar-refractivity contribution < 1.29 is 9.53 Å². The Balaban J connectivity index is 1.36. The highest BCUT2D eigenvalue weighted by molar-refractivity contribution is 6.30. The Morgan fingerprint density at radius 1 is 1.10 bits per heavy atom. The van der Waals surface area contributed by atoms with Crippen LogP contribution in [0.1, 0.15) is 15.9 Å². The number of aromatic nitrogens is 2. The molecule has 0 unspecified atom stereocenters. The Morgan fingerprint density at radius 2 is 1.87 bits per heavy atom. The Labute approximate surface area is 180 Å². The molecular weight excluding hydrogens is 402 g/mol. The highest BCUT2D eigenvalue weighted by atomic mass is 35.5. The summed E-state index contributed by atoms with van der Waals surface area (Å²) in [6.07, 6.45) is 3.25.